The maximum Gasteiger partial charge on any atom is 0.276 e. The van der Waals surface area contributed by atoms with Gasteiger partial charge in [-0.25, -0.2) is 4.68 Å². The third-order valence-corrected chi connectivity index (χ3v) is 4.32. The zero-order valence-electron chi connectivity index (χ0n) is 16.5. The van der Waals surface area contributed by atoms with Gasteiger partial charge in [-0.2, -0.15) is 5.10 Å². The normalized spacial score (nSPS) is 10.3. The van der Waals surface area contributed by atoms with Crippen LogP contribution in [0.15, 0.2) is 71.5 Å². The summed E-state index contributed by atoms with van der Waals surface area (Å²) in [6, 6.07) is 19.1. The summed E-state index contributed by atoms with van der Waals surface area (Å²) in [6.07, 6.45) is 0.680. The van der Waals surface area contributed by atoms with E-state index in [9.17, 15) is 14.4 Å². The smallest absolute Gasteiger partial charge is 0.276 e. The summed E-state index contributed by atoms with van der Waals surface area (Å²) in [5, 5.41) is 9.46. The number of methoxy groups -OCH3 is 1. The third-order valence-electron chi connectivity index (χ3n) is 4.32. The summed E-state index contributed by atoms with van der Waals surface area (Å²) in [7, 11) is 1.55. The summed E-state index contributed by atoms with van der Waals surface area (Å²) in [5.74, 6) is -0.176. The van der Waals surface area contributed by atoms with Crippen molar-refractivity contribution in [3.8, 4) is 5.75 Å². The van der Waals surface area contributed by atoms with Crippen LogP contribution < -0.4 is 20.9 Å². The molecule has 0 saturated carbocycles. The van der Waals surface area contributed by atoms with Gasteiger partial charge in [-0.15, -0.1) is 0 Å². The van der Waals surface area contributed by atoms with Gasteiger partial charge >= 0.3 is 0 Å². The van der Waals surface area contributed by atoms with Gasteiger partial charge in [-0.05, 0) is 42.3 Å². The lowest BCUT2D eigenvalue weighted by Gasteiger charge is -2.09. The van der Waals surface area contributed by atoms with Crippen molar-refractivity contribution in [2.75, 3.05) is 19.0 Å². The van der Waals surface area contributed by atoms with Crippen molar-refractivity contribution in [3.63, 3.8) is 0 Å². The highest BCUT2D eigenvalue weighted by atomic mass is 16.5. The maximum atomic E-state index is 12.4. The number of benzene rings is 2. The van der Waals surface area contributed by atoms with Crippen LogP contribution in [0.5, 0.6) is 5.75 Å². The Kier molecular flexibility index (Phi) is 6.94. The number of amides is 2. The van der Waals surface area contributed by atoms with E-state index < -0.39 is 11.5 Å². The molecule has 3 aromatic rings. The molecular weight excluding hydrogens is 384 g/mol. The largest absolute Gasteiger partial charge is 0.497 e. The molecule has 2 aromatic carbocycles. The predicted octanol–water partition coefficient (Wildman–Crippen LogP) is 1.86. The highest BCUT2D eigenvalue weighted by molar-refractivity contribution is 6.02. The Morgan fingerprint density at radius 1 is 1.00 bits per heavy atom. The van der Waals surface area contributed by atoms with Crippen molar-refractivity contribution >= 4 is 17.5 Å². The predicted molar refractivity (Wildman–Crippen MR) is 113 cm³/mol. The van der Waals surface area contributed by atoms with Crippen molar-refractivity contribution in [2.24, 2.45) is 0 Å². The second-order valence-electron chi connectivity index (χ2n) is 6.48. The van der Waals surface area contributed by atoms with Crippen molar-refractivity contribution in [3.05, 3.63) is 88.3 Å². The van der Waals surface area contributed by atoms with Crippen LogP contribution in [0.25, 0.3) is 0 Å². The van der Waals surface area contributed by atoms with Gasteiger partial charge in [0.2, 0.25) is 5.91 Å². The number of nitrogens with zero attached hydrogens (tertiary/aromatic N) is 2. The SMILES string of the molecule is COc1ccc(NC(=O)c2ccc(=O)n(CC(=O)NCCc3ccccc3)n2)cc1. The molecule has 1 aromatic heterocycles. The van der Waals surface area contributed by atoms with Crippen molar-refractivity contribution in [2.45, 2.75) is 13.0 Å². The molecule has 0 aliphatic carbocycles. The van der Waals surface area contributed by atoms with Gasteiger partial charge in [0.15, 0.2) is 0 Å². The molecule has 8 heteroatoms. The minimum atomic E-state index is -0.488. The molecule has 154 valence electrons. The summed E-state index contributed by atoms with van der Waals surface area (Å²) in [4.78, 5) is 36.6. The Labute approximate surface area is 173 Å². The lowest BCUT2D eigenvalue weighted by Crippen LogP contribution is -2.35. The number of aromatic nitrogens is 2. The highest BCUT2D eigenvalue weighted by Gasteiger charge is 2.12. The van der Waals surface area contributed by atoms with E-state index in [4.69, 9.17) is 4.74 Å². The average Bonchev–Trinajstić information content (AvgIpc) is 2.76. The van der Waals surface area contributed by atoms with E-state index in [0.29, 0.717) is 24.4 Å². The number of ether oxygens (including phenoxy) is 1. The molecule has 0 unspecified atom stereocenters. The Hall–Kier alpha value is -3.94. The number of anilines is 1. The standard InChI is InChI=1S/C22H22N4O4/c1-30-18-9-7-17(8-10-18)24-22(29)19-11-12-21(28)26(25-19)15-20(27)23-14-13-16-5-3-2-4-6-16/h2-12H,13-15H2,1H3,(H,23,27)(H,24,29). The number of hydrogen-bond acceptors (Lipinski definition) is 5. The van der Waals surface area contributed by atoms with Crippen LogP contribution >= 0.6 is 0 Å². The quantitative estimate of drug-likeness (QED) is 0.595. The van der Waals surface area contributed by atoms with Gasteiger partial charge in [0.1, 0.15) is 18.0 Å². The topological polar surface area (TPSA) is 102 Å². The molecule has 3 rings (SSSR count). The first kappa shape index (κ1) is 20.8. The van der Waals surface area contributed by atoms with Gasteiger partial charge in [0.25, 0.3) is 11.5 Å². The van der Waals surface area contributed by atoms with Crippen LogP contribution in [0.1, 0.15) is 16.1 Å². The molecule has 0 aliphatic rings. The molecular formula is C22H22N4O4. The molecule has 0 saturated heterocycles. The summed E-state index contributed by atoms with van der Waals surface area (Å²) in [6.45, 7) is 0.173. The van der Waals surface area contributed by atoms with E-state index >= 15 is 0 Å². The summed E-state index contributed by atoms with van der Waals surface area (Å²) in [5.41, 5.74) is 1.22. The van der Waals surface area contributed by atoms with E-state index in [-0.39, 0.29) is 18.1 Å². The lowest BCUT2D eigenvalue weighted by atomic mass is 10.1. The molecule has 30 heavy (non-hydrogen) atoms. The number of hydrogen-bond donors (Lipinski definition) is 2. The second kappa shape index (κ2) is 10.0. The average molecular weight is 406 g/mol. The molecule has 0 bridgehead atoms. The van der Waals surface area contributed by atoms with Crippen LogP contribution in [0.4, 0.5) is 5.69 Å². The van der Waals surface area contributed by atoms with E-state index in [1.807, 2.05) is 30.3 Å². The van der Waals surface area contributed by atoms with E-state index in [1.165, 1.54) is 12.1 Å². The molecule has 1 heterocycles. The molecule has 8 nitrogen and oxygen atoms in total. The zero-order valence-corrected chi connectivity index (χ0v) is 16.5. The number of rotatable bonds is 8. The fourth-order valence-electron chi connectivity index (χ4n) is 2.74. The van der Waals surface area contributed by atoms with E-state index in [0.717, 1.165) is 10.2 Å². The monoisotopic (exact) mass is 406 g/mol. The minimum Gasteiger partial charge on any atom is -0.497 e. The van der Waals surface area contributed by atoms with Crippen molar-refractivity contribution in [1.29, 1.82) is 0 Å². The fourth-order valence-corrected chi connectivity index (χ4v) is 2.74. The van der Waals surface area contributed by atoms with Crippen LogP contribution in [-0.4, -0.2) is 35.2 Å². The number of carbonyl (C=O) groups is 2. The van der Waals surface area contributed by atoms with Crippen LogP contribution in [-0.2, 0) is 17.8 Å². The van der Waals surface area contributed by atoms with Gasteiger partial charge < -0.3 is 15.4 Å². The Balaban J connectivity index is 1.58. The van der Waals surface area contributed by atoms with Crippen LogP contribution in [0, 0.1) is 0 Å². The summed E-state index contributed by atoms with van der Waals surface area (Å²) < 4.78 is 6.05. The molecule has 0 atom stereocenters. The van der Waals surface area contributed by atoms with Crippen molar-refractivity contribution in [1.82, 2.24) is 15.1 Å². The van der Waals surface area contributed by atoms with Crippen LogP contribution in [0.2, 0.25) is 0 Å². The molecule has 0 radical (unpaired) electrons. The fraction of sp³-hybridized carbons (Fsp3) is 0.182. The van der Waals surface area contributed by atoms with Gasteiger partial charge in [0.05, 0.1) is 7.11 Å². The Bertz CT molecular complexity index is 1060. The summed E-state index contributed by atoms with van der Waals surface area (Å²) >= 11 is 0. The molecule has 2 N–H and O–H groups in total. The Morgan fingerprint density at radius 2 is 1.73 bits per heavy atom. The molecule has 2 amide bonds. The number of nitrogens with one attached hydrogen (secondary N) is 2. The molecule has 0 spiro atoms. The first-order valence-corrected chi connectivity index (χ1v) is 9.39. The van der Waals surface area contributed by atoms with Crippen LogP contribution in [0.3, 0.4) is 0 Å². The van der Waals surface area contributed by atoms with Crippen molar-refractivity contribution < 1.29 is 14.3 Å². The molecule has 0 aliphatic heterocycles. The maximum absolute atomic E-state index is 12.4. The first-order chi connectivity index (χ1) is 14.5. The van der Waals surface area contributed by atoms with Gasteiger partial charge in [0, 0.05) is 18.3 Å². The van der Waals surface area contributed by atoms with Gasteiger partial charge in [-0.1, -0.05) is 30.3 Å². The van der Waals surface area contributed by atoms with E-state index in [1.54, 1.807) is 31.4 Å². The first-order valence-electron chi connectivity index (χ1n) is 9.39. The molecule has 0 fully saturated rings. The Morgan fingerprint density at radius 3 is 2.43 bits per heavy atom. The second-order valence-corrected chi connectivity index (χ2v) is 6.48. The minimum absolute atomic E-state index is 0.0301. The van der Waals surface area contributed by atoms with E-state index in [2.05, 4.69) is 15.7 Å². The van der Waals surface area contributed by atoms with Gasteiger partial charge in [-0.3, -0.25) is 14.4 Å². The third kappa shape index (κ3) is 5.78. The highest BCUT2D eigenvalue weighted by Crippen LogP contribution is 2.15. The number of carbonyl (C=O) groups excluding carboxylic acids is 2. The zero-order chi connectivity index (χ0) is 21.3. The lowest BCUT2D eigenvalue weighted by molar-refractivity contribution is -0.121.